The lowest BCUT2D eigenvalue weighted by Gasteiger charge is -1.95. The minimum absolute atomic E-state index is 0.661. The maximum Gasteiger partial charge on any atom is 0.154 e. The van der Waals surface area contributed by atoms with E-state index in [2.05, 4.69) is 5.10 Å². The maximum atomic E-state index is 5.72. The predicted molar refractivity (Wildman–Crippen MR) is 50.0 cm³/mol. The molecule has 2 rings (SSSR count). The first-order valence-corrected chi connectivity index (χ1v) is 4.18. The zero-order valence-corrected chi connectivity index (χ0v) is 7.40. The van der Waals surface area contributed by atoms with Crippen molar-refractivity contribution in [2.24, 2.45) is 0 Å². The van der Waals surface area contributed by atoms with Crippen molar-refractivity contribution in [3.8, 4) is 11.5 Å². The summed E-state index contributed by atoms with van der Waals surface area (Å²) in [4.78, 5) is 0. The van der Waals surface area contributed by atoms with Crippen molar-refractivity contribution in [3.05, 3.63) is 24.5 Å². The molecule has 4 heteroatoms. The van der Waals surface area contributed by atoms with E-state index >= 15 is 0 Å². The first-order chi connectivity index (χ1) is 6.31. The summed E-state index contributed by atoms with van der Waals surface area (Å²) in [6.45, 7) is 2.77. The highest BCUT2D eigenvalue weighted by atomic mass is 16.3. The number of nitrogens with zero attached hydrogens (tertiary/aromatic N) is 2. The molecule has 2 heterocycles. The van der Waals surface area contributed by atoms with Gasteiger partial charge in [0.2, 0.25) is 0 Å². The highest BCUT2D eigenvalue weighted by Crippen LogP contribution is 2.20. The monoisotopic (exact) mass is 177 g/mol. The molecule has 0 atom stereocenters. The van der Waals surface area contributed by atoms with Crippen LogP contribution in [0.15, 0.2) is 28.9 Å². The molecule has 68 valence electrons. The van der Waals surface area contributed by atoms with Crippen LogP contribution in [0.2, 0.25) is 0 Å². The van der Waals surface area contributed by atoms with E-state index in [-0.39, 0.29) is 0 Å². The highest BCUT2D eigenvalue weighted by Gasteiger charge is 2.07. The largest absolute Gasteiger partial charge is 0.463 e. The molecule has 13 heavy (non-hydrogen) atoms. The van der Waals surface area contributed by atoms with Crippen LogP contribution in [0.25, 0.3) is 11.5 Å². The fraction of sp³-hybridized carbons (Fsp3) is 0.222. The topological polar surface area (TPSA) is 57.0 Å². The van der Waals surface area contributed by atoms with Crippen molar-refractivity contribution >= 4 is 5.82 Å². The van der Waals surface area contributed by atoms with Crippen molar-refractivity contribution in [3.63, 3.8) is 0 Å². The zero-order chi connectivity index (χ0) is 9.26. The molecular formula is C9H11N3O. The first-order valence-electron chi connectivity index (χ1n) is 4.18. The third kappa shape index (κ3) is 1.30. The van der Waals surface area contributed by atoms with Gasteiger partial charge >= 0.3 is 0 Å². The number of rotatable bonds is 2. The van der Waals surface area contributed by atoms with E-state index in [1.807, 2.05) is 25.1 Å². The fourth-order valence-electron chi connectivity index (χ4n) is 1.23. The van der Waals surface area contributed by atoms with Crippen molar-refractivity contribution < 1.29 is 4.42 Å². The number of furan rings is 1. The van der Waals surface area contributed by atoms with Crippen LogP contribution in [0.1, 0.15) is 6.92 Å². The molecule has 4 nitrogen and oxygen atoms in total. The van der Waals surface area contributed by atoms with E-state index in [0.717, 1.165) is 18.0 Å². The molecule has 0 aromatic carbocycles. The molecule has 0 aliphatic rings. The molecule has 0 radical (unpaired) electrons. The number of hydrogen-bond acceptors (Lipinski definition) is 3. The Labute approximate surface area is 76.0 Å². The average Bonchev–Trinajstić information content (AvgIpc) is 2.71. The van der Waals surface area contributed by atoms with Crippen LogP contribution in [0.5, 0.6) is 0 Å². The van der Waals surface area contributed by atoms with E-state index in [1.165, 1.54) is 0 Å². The maximum absolute atomic E-state index is 5.72. The van der Waals surface area contributed by atoms with E-state index in [1.54, 1.807) is 10.9 Å². The minimum atomic E-state index is 0.661. The number of nitrogen functional groups attached to an aromatic ring is 1. The Bertz CT molecular complexity index is 389. The lowest BCUT2D eigenvalue weighted by molar-refractivity contribution is 0.575. The molecule has 0 saturated heterocycles. The lowest BCUT2D eigenvalue weighted by Crippen LogP contribution is -2.01. The van der Waals surface area contributed by atoms with Gasteiger partial charge in [0, 0.05) is 12.6 Å². The van der Waals surface area contributed by atoms with Crippen LogP contribution in [0, 0.1) is 0 Å². The zero-order valence-electron chi connectivity index (χ0n) is 7.40. The second kappa shape index (κ2) is 2.97. The normalized spacial score (nSPS) is 10.5. The van der Waals surface area contributed by atoms with Gasteiger partial charge in [-0.3, -0.25) is 0 Å². The Morgan fingerprint density at radius 2 is 2.46 bits per heavy atom. The minimum Gasteiger partial charge on any atom is -0.463 e. The molecule has 2 aromatic heterocycles. The quantitative estimate of drug-likeness (QED) is 0.760. The molecule has 0 spiro atoms. The van der Waals surface area contributed by atoms with E-state index < -0.39 is 0 Å². The third-order valence-corrected chi connectivity index (χ3v) is 1.88. The summed E-state index contributed by atoms with van der Waals surface area (Å²) in [6, 6.07) is 5.50. The van der Waals surface area contributed by atoms with Gasteiger partial charge in [0.25, 0.3) is 0 Å². The molecule has 0 aliphatic carbocycles. The van der Waals surface area contributed by atoms with Crippen LogP contribution in [-0.4, -0.2) is 9.78 Å². The summed E-state index contributed by atoms with van der Waals surface area (Å²) < 4.78 is 6.93. The fourth-order valence-corrected chi connectivity index (χ4v) is 1.23. The van der Waals surface area contributed by atoms with Gasteiger partial charge in [-0.25, -0.2) is 4.68 Å². The van der Waals surface area contributed by atoms with Gasteiger partial charge in [-0.2, -0.15) is 5.10 Å². The second-order valence-corrected chi connectivity index (χ2v) is 2.75. The van der Waals surface area contributed by atoms with E-state index in [0.29, 0.717) is 5.82 Å². The SMILES string of the molecule is CCn1nc(-c2ccco2)cc1N. The van der Waals surface area contributed by atoms with Crippen LogP contribution >= 0.6 is 0 Å². The molecule has 0 amide bonds. The summed E-state index contributed by atoms with van der Waals surface area (Å²) in [5, 5.41) is 4.27. The summed E-state index contributed by atoms with van der Waals surface area (Å²) in [6.07, 6.45) is 1.62. The molecule has 0 aliphatic heterocycles. The van der Waals surface area contributed by atoms with Crippen molar-refractivity contribution in [1.29, 1.82) is 0 Å². The first kappa shape index (κ1) is 7.91. The molecule has 2 aromatic rings. The number of anilines is 1. The summed E-state index contributed by atoms with van der Waals surface area (Å²) in [7, 11) is 0. The van der Waals surface area contributed by atoms with E-state index in [9.17, 15) is 0 Å². The van der Waals surface area contributed by atoms with Gasteiger partial charge in [-0.05, 0) is 19.1 Å². The molecule has 2 N–H and O–H groups in total. The standard InChI is InChI=1S/C9H11N3O/c1-2-12-9(10)6-7(11-12)8-4-3-5-13-8/h3-6H,2,10H2,1H3. The van der Waals surface area contributed by atoms with Gasteiger partial charge in [0.15, 0.2) is 5.76 Å². The highest BCUT2D eigenvalue weighted by molar-refractivity contribution is 5.56. The molecular weight excluding hydrogens is 166 g/mol. The number of aromatic nitrogens is 2. The van der Waals surface area contributed by atoms with Gasteiger partial charge in [0.1, 0.15) is 11.5 Å². The Kier molecular flexibility index (Phi) is 1.81. The number of hydrogen-bond donors (Lipinski definition) is 1. The van der Waals surface area contributed by atoms with Gasteiger partial charge in [0.05, 0.1) is 6.26 Å². The Balaban J connectivity index is 2.43. The van der Waals surface area contributed by atoms with Crippen LogP contribution in [0.3, 0.4) is 0 Å². The van der Waals surface area contributed by atoms with Crippen molar-refractivity contribution in [2.45, 2.75) is 13.5 Å². The molecule has 0 bridgehead atoms. The van der Waals surface area contributed by atoms with Crippen molar-refractivity contribution in [2.75, 3.05) is 5.73 Å². The van der Waals surface area contributed by atoms with Gasteiger partial charge in [-0.15, -0.1) is 0 Å². The van der Waals surface area contributed by atoms with Crippen molar-refractivity contribution in [1.82, 2.24) is 9.78 Å². The number of nitrogens with two attached hydrogens (primary N) is 1. The van der Waals surface area contributed by atoms with Gasteiger partial charge in [-0.1, -0.05) is 0 Å². The summed E-state index contributed by atoms with van der Waals surface area (Å²) >= 11 is 0. The summed E-state index contributed by atoms with van der Waals surface area (Å²) in [5.41, 5.74) is 6.50. The van der Waals surface area contributed by atoms with Crippen LogP contribution in [0.4, 0.5) is 5.82 Å². The van der Waals surface area contributed by atoms with E-state index in [4.69, 9.17) is 10.2 Å². The second-order valence-electron chi connectivity index (χ2n) is 2.75. The molecule has 0 fully saturated rings. The average molecular weight is 177 g/mol. The van der Waals surface area contributed by atoms with Crippen LogP contribution < -0.4 is 5.73 Å². The lowest BCUT2D eigenvalue weighted by atomic mass is 10.3. The van der Waals surface area contributed by atoms with Crippen LogP contribution in [-0.2, 0) is 6.54 Å². The Morgan fingerprint density at radius 1 is 1.62 bits per heavy atom. The number of aryl methyl sites for hydroxylation is 1. The molecule has 0 unspecified atom stereocenters. The Morgan fingerprint density at radius 3 is 3.00 bits per heavy atom. The smallest absolute Gasteiger partial charge is 0.154 e. The van der Waals surface area contributed by atoms with Gasteiger partial charge < -0.3 is 10.2 Å². The summed E-state index contributed by atoms with van der Waals surface area (Å²) in [5.74, 6) is 1.41. The predicted octanol–water partition coefficient (Wildman–Crippen LogP) is 1.75. The third-order valence-electron chi connectivity index (χ3n) is 1.88. The molecule has 0 saturated carbocycles. The Hall–Kier alpha value is -1.71.